The molecular weight excluding hydrogens is 380 g/mol. The molecule has 1 N–H and O–H groups in total. The molecule has 2 aromatic rings. The molecule has 0 saturated heterocycles. The molecule has 0 amide bonds. The summed E-state index contributed by atoms with van der Waals surface area (Å²) in [5.41, 5.74) is 2.64. The van der Waals surface area contributed by atoms with Crippen molar-refractivity contribution < 1.29 is 8.42 Å². The highest BCUT2D eigenvalue weighted by molar-refractivity contribution is 7.89. The summed E-state index contributed by atoms with van der Waals surface area (Å²) in [6.45, 7) is 0.875. The number of nitrogens with zero attached hydrogens (tertiary/aromatic N) is 1. The predicted molar refractivity (Wildman–Crippen MR) is 111 cm³/mol. The van der Waals surface area contributed by atoms with E-state index in [9.17, 15) is 8.42 Å². The lowest BCUT2D eigenvalue weighted by molar-refractivity contribution is 0.268. The molecule has 0 aromatic heterocycles. The van der Waals surface area contributed by atoms with Crippen LogP contribution in [0.3, 0.4) is 0 Å². The Morgan fingerprint density at radius 3 is 2.15 bits per heavy atom. The van der Waals surface area contributed by atoms with Crippen molar-refractivity contribution in [2.45, 2.75) is 49.1 Å². The average Bonchev–Trinajstić information content (AvgIpc) is 2.69. The van der Waals surface area contributed by atoms with E-state index in [0.29, 0.717) is 15.8 Å². The number of benzene rings is 2. The highest BCUT2D eigenvalue weighted by atomic mass is 35.5. The Morgan fingerprint density at radius 1 is 1.00 bits per heavy atom. The molecule has 6 heteroatoms. The minimum absolute atomic E-state index is 0.0468. The van der Waals surface area contributed by atoms with Gasteiger partial charge in [0.1, 0.15) is 0 Å². The van der Waals surface area contributed by atoms with Crippen LogP contribution in [0.25, 0.3) is 0 Å². The van der Waals surface area contributed by atoms with E-state index in [1.54, 1.807) is 35.6 Å². The molecule has 1 aliphatic rings. The number of nitrogens with one attached hydrogen (secondary N) is 1. The van der Waals surface area contributed by atoms with Crippen LogP contribution in [0, 0.1) is 0 Å². The maximum Gasteiger partial charge on any atom is 0.243 e. The Labute approximate surface area is 167 Å². The molecule has 4 nitrogen and oxygen atoms in total. The van der Waals surface area contributed by atoms with Gasteiger partial charge in [-0.05, 0) is 74.0 Å². The molecular formula is C21H27ClN2O2S. The zero-order chi connectivity index (χ0) is 19.4. The van der Waals surface area contributed by atoms with Crippen molar-refractivity contribution >= 4 is 21.6 Å². The summed E-state index contributed by atoms with van der Waals surface area (Å²) in [6.07, 6.45) is 3.78. The van der Waals surface area contributed by atoms with Crippen molar-refractivity contribution in [2.24, 2.45) is 0 Å². The molecule has 1 saturated carbocycles. The maximum atomic E-state index is 12.9. The van der Waals surface area contributed by atoms with E-state index >= 15 is 0 Å². The number of sulfonamides is 1. The van der Waals surface area contributed by atoms with E-state index in [0.717, 1.165) is 32.2 Å². The first-order chi connectivity index (χ1) is 12.9. The van der Waals surface area contributed by atoms with Crippen LogP contribution in [0.2, 0.25) is 5.02 Å². The number of hydrogen-bond acceptors (Lipinski definition) is 3. The quantitative estimate of drug-likeness (QED) is 0.773. The summed E-state index contributed by atoms with van der Waals surface area (Å²) in [6, 6.07) is 15.2. The van der Waals surface area contributed by atoms with Gasteiger partial charge >= 0.3 is 0 Å². The summed E-state index contributed by atoms with van der Waals surface area (Å²) in [4.78, 5) is 0.302. The van der Waals surface area contributed by atoms with Crippen LogP contribution < -0.4 is 5.32 Å². The van der Waals surface area contributed by atoms with Gasteiger partial charge in [-0.3, -0.25) is 0 Å². The van der Waals surface area contributed by atoms with E-state index in [1.165, 1.54) is 11.1 Å². The zero-order valence-electron chi connectivity index (χ0n) is 15.9. The minimum Gasteiger partial charge on any atom is -0.316 e. The fraction of sp³-hybridized carbons (Fsp3) is 0.429. The molecule has 0 radical (unpaired) electrons. The molecule has 0 atom stereocenters. The standard InChI is InChI=1S/C21H27ClN2O2S/c1-23-15-16-3-5-17(6-4-16)18-7-11-20(12-8-18)24(2)27(25,26)21-13-9-19(22)10-14-21/h3-6,9-10,13-14,18,20,23H,7-8,11-12,15H2,1-2H3. The SMILES string of the molecule is CNCc1ccc(C2CCC(N(C)S(=O)(=O)c3ccc(Cl)cc3)CC2)cc1. The number of rotatable bonds is 6. The molecule has 0 bridgehead atoms. The second kappa shape index (κ2) is 8.74. The topological polar surface area (TPSA) is 49.4 Å². The third-order valence-corrected chi connectivity index (χ3v) is 7.71. The van der Waals surface area contributed by atoms with Gasteiger partial charge in [0.25, 0.3) is 0 Å². The van der Waals surface area contributed by atoms with Crippen LogP contribution in [-0.4, -0.2) is 32.9 Å². The Hall–Kier alpha value is -1.40. The van der Waals surface area contributed by atoms with Gasteiger partial charge in [-0.1, -0.05) is 35.9 Å². The molecule has 3 rings (SSSR count). The fourth-order valence-electron chi connectivity index (χ4n) is 3.85. The molecule has 1 aliphatic carbocycles. The van der Waals surface area contributed by atoms with E-state index in [2.05, 4.69) is 29.6 Å². The summed E-state index contributed by atoms with van der Waals surface area (Å²) >= 11 is 5.88. The van der Waals surface area contributed by atoms with Gasteiger partial charge in [-0.25, -0.2) is 8.42 Å². The average molecular weight is 407 g/mol. The first-order valence-electron chi connectivity index (χ1n) is 9.39. The summed E-state index contributed by atoms with van der Waals surface area (Å²) in [5, 5.41) is 3.70. The van der Waals surface area contributed by atoms with Gasteiger partial charge in [-0.2, -0.15) is 4.31 Å². The van der Waals surface area contributed by atoms with Gasteiger partial charge in [0.2, 0.25) is 10.0 Å². The predicted octanol–water partition coefficient (Wildman–Crippen LogP) is 4.41. The second-order valence-corrected chi connectivity index (χ2v) is 9.69. The van der Waals surface area contributed by atoms with E-state index < -0.39 is 10.0 Å². The van der Waals surface area contributed by atoms with E-state index in [4.69, 9.17) is 11.6 Å². The van der Waals surface area contributed by atoms with Crippen LogP contribution in [0.5, 0.6) is 0 Å². The number of halogens is 1. The van der Waals surface area contributed by atoms with Crippen molar-refractivity contribution in [3.05, 3.63) is 64.7 Å². The third-order valence-electron chi connectivity index (χ3n) is 5.53. The molecule has 1 fully saturated rings. The molecule has 27 heavy (non-hydrogen) atoms. The molecule has 146 valence electrons. The van der Waals surface area contributed by atoms with Gasteiger partial charge in [0, 0.05) is 24.7 Å². The van der Waals surface area contributed by atoms with Gasteiger partial charge < -0.3 is 5.32 Å². The first kappa shape index (κ1) is 20.3. The van der Waals surface area contributed by atoms with E-state index in [-0.39, 0.29) is 6.04 Å². The molecule has 0 aliphatic heterocycles. The largest absolute Gasteiger partial charge is 0.316 e. The smallest absolute Gasteiger partial charge is 0.243 e. The van der Waals surface area contributed by atoms with Gasteiger partial charge in [-0.15, -0.1) is 0 Å². The maximum absolute atomic E-state index is 12.9. The normalized spacial score (nSPS) is 20.7. The van der Waals surface area contributed by atoms with Crippen molar-refractivity contribution in [3.8, 4) is 0 Å². The van der Waals surface area contributed by atoms with Crippen LogP contribution in [0.4, 0.5) is 0 Å². The molecule has 0 unspecified atom stereocenters. The highest BCUT2D eigenvalue weighted by Crippen LogP contribution is 2.36. The molecule has 0 spiro atoms. The third kappa shape index (κ3) is 4.72. The Balaban J connectivity index is 1.63. The van der Waals surface area contributed by atoms with Crippen LogP contribution >= 0.6 is 11.6 Å². The van der Waals surface area contributed by atoms with Gasteiger partial charge in [0.15, 0.2) is 0 Å². The van der Waals surface area contributed by atoms with Crippen molar-refractivity contribution in [2.75, 3.05) is 14.1 Å². The van der Waals surface area contributed by atoms with Crippen molar-refractivity contribution in [1.29, 1.82) is 0 Å². The molecule has 2 aromatic carbocycles. The fourth-order valence-corrected chi connectivity index (χ4v) is 5.40. The zero-order valence-corrected chi connectivity index (χ0v) is 17.4. The van der Waals surface area contributed by atoms with Crippen LogP contribution in [0.15, 0.2) is 53.4 Å². The molecule has 0 heterocycles. The Morgan fingerprint density at radius 2 is 1.59 bits per heavy atom. The first-order valence-corrected chi connectivity index (χ1v) is 11.2. The highest BCUT2D eigenvalue weighted by Gasteiger charge is 2.31. The van der Waals surface area contributed by atoms with Crippen LogP contribution in [-0.2, 0) is 16.6 Å². The van der Waals surface area contributed by atoms with Crippen LogP contribution in [0.1, 0.15) is 42.7 Å². The summed E-state index contributed by atoms with van der Waals surface area (Å²) < 4.78 is 27.3. The van der Waals surface area contributed by atoms with Crippen molar-refractivity contribution in [1.82, 2.24) is 9.62 Å². The Bertz CT molecular complexity index is 843. The lowest BCUT2D eigenvalue weighted by Crippen LogP contribution is -2.39. The monoisotopic (exact) mass is 406 g/mol. The summed E-state index contributed by atoms with van der Waals surface area (Å²) in [5.74, 6) is 0.511. The van der Waals surface area contributed by atoms with Crippen molar-refractivity contribution in [3.63, 3.8) is 0 Å². The van der Waals surface area contributed by atoms with Gasteiger partial charge in [0.05, 0.1) is 4.90 Å². The summed E-state index contributed by atoms with van der Waals surface area (Å²) in [7, 11) is 0.162. The lowest BCUT2D eigenvalue weighted by Gasteiger charge is -2.34. The number of hydrogen-bond donors (Lipinski definition) is 1. The minimum atomic E-state index is -3.48. The Kier molecular flexibility index (Phi) is 6.58. The lowest BCUT2D eigenvalue weighted by atomic mass is 9.81. The second-order valence-electron chi connectivity index (χ2n) is 7.25. The van der Waals surface area contributed by atoms with E-state index in [1.807, 2.05) is 7.05 Å².